The molecule has 6 nitrogen and oxygen atoms in total. The summed E-state index contributed by atoms with van der Waals surface area (Å²) in [6.45, 7) is 1.81. The van der Waals surface area contributed by atoms with Gasteiger partial charge in [0.2, 0.25) is 11.0 Å². The minimum Gasteiger partial charge on any atom is -0.457 e. The summed E-state index contributed by atoms with van der Waals surface area (Å²) in [7, 11) is 0. The van der Waals surface area contributed by atoms with E-state index < -0.39 is 0 Å². The van der Waals surface area contributed by atoms with Crippen LogP contribution >= 0.6 is 23.1 Å². The second kappa shape index (κ2) is 8.00. The Morgan fingerprint density at radius 3 is 2.44 bits per heavy atom. The third kappa shape index (κ3) is 4.94. The van der Waals surface area contributed by atoms with Gasteiger partial charge < -0.3 is 15.8 Å². The first-order valence-corrected chi connectivity index (χ1v) is 9.19. The van der Waals surface area contributed by atoms with Crippen molar-refractivity contribution in [2.45, 2.75) is 16.5 Å². The summed E-state index contributed by atoms with van der Waals surface area (Å²) >= 11 is 2.59. The molecule has 8 heteroatoms. The average Bonchev–Trinajstić information content (AvgIpc) is 3.02. The first-order chi connectivity index (χ1) is 12.1. The van der Waals surface area contributed by atoms with Gasteiger partial charge in [-0.3, -0.25) is 4.79 Å². The number of amides is 1. The van der Waals surface area contributed by atoms with Gasteiger partial charge in [0.15, 0.2) is 4.34 Å². The molecule has 128 valence electrons. The molecule has 0 fully saturated rings. The minimum atomic E-state index is -0.312. The molecule has 25 heavy (non-hydrogen) atoms. The van der Waals surface area contributed by atoms with Crippen LogP contribution in [-0.4, -0.2) is 21.4 Å². The quantitative estimate of drug-likeness (QED) is 0.635. The van der Waals surface area contributed by atoms with E-state index in [4.69, 9.17) is 10.5 Å². The number of anilines is 2. The van der Waals surface area contributed by atoms with Crippen LogP contribution in [-0.2, 0) is 4.79 Å². The molecule has 0 saturated heterocycles. The SMILES string of the molecule is C[C@@H](Sc1nnc(N)s1)C(=O)Nc1ccc(Oc2ccccc2)cc1. The van der Waals surface area contributed by atoms with Crippen molar-refractivity contribution in [2.24, 2.45) is 0 Å². The van der Waals surface area contributed by atoms with Gasteiger partial charge in [0.1, 0.15) is 11.5 Å². The van der Waals surface area contributed by atoms with Crippen molar-refractivity contribution in [3.63, 3.8) is 0 Å². The number of hydrogen-bond donors (Lipinski definition) is 2. The minimum absolute atomic E-state index is 0.115. The normalized spacial score (nSPS) is 11.7. The predicted molar refractivity (Wildman–Crippen MR) is 101 cm³/mol. The van der Waals surface area contributed by atoms with E-state index in [0.29, 0.717) is 20.9 Å². The molecule has 3 rings (SSSR count). The molecule has 1 atom stereocenters. The fraction of sp³-hybridized carbons (Fsp3) is 0.118. The van der Waals surface area contributed by atoms with Crippen LogP contribution in [0.25, 0.3) is 0 Å². The Hall–Kier alpha value is -2.58. The van der Waals surface area contributed by atoms with Gasteiger partial charge in [0, 0.05) is 5.69 Å². The van der Waals surface area contributed by atoms with E-state index in [2.05, 4.69) is 15.5 Å². The Morgan fingerprint density at radius 2 is 1.80 bits per heavy atom. The van der Waals surface area contributed by atoms with Crippen LogP contribution in [0, 0.1) is 0 Å². The van der Waals surface area contributed by atoms with Crippen molar-refractivity contribution in [1.82, 2.24) is 10.2 Å². The van der Waals surface area contributed by atoms with E-state index in [0.717, 1.165) is 5.75 Å². The molecule has 0 aliphatic heterocycles. The summed E-state index contributed by atoms with van der Waals surface area (Å²) in [5, 5.41) is 10.6. The van der Waals surface area contributed by atoms with Crippen LogP contribution in [0.1, 0.15) is 6.92 Å². The van der Waals surface area contributed by atoms with E-state index in [-0.39, 0.29) is 11.2 Å². The summed E-state index contributed by atoms with van der Waals surface area (Å²) in [5.74, 6) is 1.35. The van der Waals surface area contributed by atoms with Crippen LogP contribution in [0.5, 0.6) is 11.5 Å². The number of aromatic nitrogens is 2. The highest BCUT2D eigenvalue weighted by Crippen LogP contribution is 2.28. The van der Waals surface area contributed by atoms with E-state index >= 15 is 0 Å². The molecular formula is C17H16N4O2S2. The maximum absolute atomic E-state index is 12.3. The molecule has 0 radical (unpaired) electrons. The number of para-hydroxylation sites is 1. The number of nitrogens with one attached hydrogen (secondary N) is 1. The van der Waals surface area contributed by atoms with Gasteiger partial charge >= 0.3 is 0 Å². The summed E-state index contributed by atoms with van der Waals surface area (Å²) in [4.78, 5) is 12.3. The zero-order valence-electron chi connectivity index (χ0n) is 13.4. The molecule has 3 N–H and O–H groups in total. The molecule has 1 heterocycles. The van der Waals surface area contributed by atoms with Crippen LogP contribution in [0.3, 0.4) is 0 Å². The molecule has 1 aromatic heterocycles. The lowest BCUT2D eigenvalue weighted by Crippen LogP contribution is -2.22. The van der Waals surface area contributed by atoms with Crippen molar-refractivity contribution in [3.8, 4) is 11.5 Å². The van der Waals surface area contributed by atoms with Crippen LogP contribution < -0.4 is 15.8 Å². The lowest BCUT2D eigenvalue weighted by molar-refractivity contribution is -0.115. The molecule has 1 amide bonds. The number of hydrogen-bond acceptors (Lipinski definition) is 7. The van der Waals surface area contributed by atoms with Crippen molar-refractivity contribution in [1.29, 1.82) is 0 Å². The van der Waals surface area contributed by atoms with Gasteiger partial charge in [0.05, 0.1) is 5.25 Å². The maximum Gasteiger partial charge on any atom is 0.237 e. The van der Waals surface area contributed by atoms with Crippen molar-refractivity contribution < 1.29 is 9.53 Å². The maximum atomic E-state index is 12.3. The van der Waals surface area contributed by atoms with Crippen molar-refractivity contribution in [2.75, 3.05) is 11.1 Å². The monoisotopic (exact) mass is 372 g/mol. The third-order valence-electron chi connectivity index (χ3n) is 3.17. The van der Waals surface area contributed by atoms with Gasteiger partial charge in [-0.05, 0) is 43.3 Å². The van der Waals surface area contributed by atoms with Gasteiger partial charge in [-0.2, -0.15) is 0 Å². The number of nitrogens with two attached hydrogens (primary N) is 1. The van der Waals surface area contributed by atoms with Gasteiger partial charge in [0.25, 0.3) is 0 Å². The third-order valence-corrected chi connectivity index (χ3v) is 5.11. The Balaban J connectivity index is 1.56. The van der Waals surface area contributed by atoms with Crippen molar-refractivity contribution in [3.05, 3.63) is 54.6 Å². The Labute approximate surface area is 153 Å². The topological polar surface area (TPSA) is 90.1 Å². The summed E-state index contributed by atoms with van der Waals surface area (Å²) in [6.07, 6.45) is 0. The van der Waals surface area contributed by atoms with Crippen LogP contribution in [0.15, 0.2) is 58.9 Å². The van der Waals surface area contributed by atoms with Gasteiger partial charge in [-0.1, -0.05) is 41.3 Å². The highest BCUT2D eigenvalue weighted by molar-refractivity contribution is 8.02. The molecule has 0 aliphatic carbocycles. The molecule has 2 aromatic carbocycles. The van der Waals surface area contributed by atoms with E-state index in [1.165, 1.54) is 23.1 Å². The predicted octanol–water partition coefficient (Wildman–Crippen LogP) is 4.03. The van der Waals surface area contributed by atoms with Crippen LogP contribution in [0.4, 0.5) is 10.8 Å². The zero-order valence-corrected chi connectivity index (χ0v) is 15.0. The number of carbonyl (C=O) groups excluding carboxylic acids is 1. The summed E-state index contributed by atoms with van der Waals surface area (Å²) < 4.78 is 6.40. The second-order valence-corrected chi connectivity index (χ2v) is 7.69. The number of nitrogens with zero attached hydrogens (tertiary/aromatic N) is 2. The Kier molecular flexibility index (Phi) is 5.52. The molecule has 0 aliphatic rings. The lowest BCUT2D eigenvalue weighted by atomic mass is 10.3. The lowest BCUT2D eigenvalue weighted by Gasteiger charge is -2.11. The van der Waals surface area contributed by atoms with E-state index in [9.17, 15) is 4.79 Å². The van der Waals surface area contributed by atoms with Crippen molar-refractivity contribution >= 4 is 39.8 Å². The number of nitrogen functional groups attached to an aromatic ring is 1. The molecular weight excluding hydrogens is 356 g/mol. The first-order valence-electron chi connectivity index (χ1n) is 7.49. The number of thioether (sulfide) groups is 1. The van der Waals surface area contributed by atoms with Gasteiger partial charge in [-0.15, -0.1) is 10.2 Å². The molecule has 3 aromatic rings. The smallest absolute Gasteiger partial charge is 0.237 e. The number of ether oxygens (including phenoxy) is 1. The van der Waals surface area contributed by atoms with Gasteiger partial charge in [-0.25, -0.2) is 0 Å². The fourth-order valence-electron chi connectivity index (χ4n) is 1.95. The molecule has 0 bridgehead atoms. The molecule has 0 saturated carbocycles. The Morgan fingerprint density at radius 1 is 1.12 bits per heavy atom. The first kappa shape index (κ1) is 17.2. The van der Waals surface area contributed by atoms with E-state index in [1.54, 1.807) is 12.1 Å². The fourth-order valence-corrected chi connectivity index (χ4v) is 3.73. The van der Waals surface area contributed by atoms with Crippen LogP contribution in [0.2, 0.25) is 0 Å². The largest absolute Gasteiger partial charge is 0.457 e. The second-order valence-electron chi connectivity index (χ2n) is 5.10. The number of benzene rings is 2. The molecule has 0 spiro atoms. The molecule has 0 unspecified atom stereocenters. The number of carbonyl (C=O) groups is 1. The highest BCUT2D eigenvalue weighted by atomic mass is 32.2. The standard InChI is InChI=1S/C17H16N4O2S2/c1-11(24-17-21-20-16(18)25-17)15(22)19-12-7-9-14(10-8-12)23-13-5-3-2-4-6-13/h2-11H,1H3,(H2,18,20)(H,19,22)/t11-/m1/s1. The highest BCUT2D eigenvalue weighted by Gasteiger charge is 2.17. The summed E-state index contributed by atoms with van der Waals surface area (Å²) in [6, 6.07) is 16.7. The average molecular weight is 372 g/mol. The van der Waals surface area contributed by atoms with E-state index in [1.807, 2.05) is 49.4 Å². The summed E-state index contributed by atoms with van der Waals surface area (Å²) in [5.41, 5.74) is 6.25. The Bertz CT molecular complexity index is 837. The number of rotatable bonds is 6. The zero-order chi connectivity index (χ0) is 17.6.